The third kappa shape index (κ3) is 3.49. The van der Waals surface area contributed by atoms with Crippen molar-refractivity contribution in [2.75, 3.05) is 25.5 Å². The van der Waals surface area contributed by atoms with E-state index in [9.17, 15) is 19.7 Å². The number of carbonyl (C=O) groups is 2. The molecule has 2 aromatic rings. The molecule has 0 aromatic heterocycles. The van der Waals surface area contributed by atoms with Crippen molar-refractivity contribution in [1.82, 2.24) is 4.90 Å². The van der Waals surface area contributed by atoms with E-state index in [4.69, 9.17) is 0 Å². The number of amides is 1. The van der Waals surface area contributed by atoms with Crippen LogP contribution in [0.3, 0.4) is 0 Å². The molecule has 8 nitrogen and oxygen atoms in total. The largest absolute Gasteiger partial charge is 0.453 e. The maximum absolute atomic E-state index is 12.5. The highest BCUT2D eigenvalue weighted by Crippen LogP contribution is 2.28. The minimum absolute atomic E-state index is 0.108. The number of likely N-dealkylation sites (tertiary alicyclic amines) is 1. The molecule has 0 aliphatic carbocycles. The van der Waals surface area contributed by atoms with Crippen molar-refractivity contribution in [2.24, 2.45) is 0 Å². The van der Waals surface area contributed by atoms with Gasteiger partial charge in [-0.3, -0.25) is 14.9 Å². The molecule has 0 atom stereocenters. The summed E-state index contributed by atoms with van der Waals surface area (Å²) in [5.41, 5.74) is 0.853. The van der Waals surface area contributed by atoms with Gasteiger partial charge >= 0.3 is 6.09 Å². The molecule has 1 heterocycles. The van der Waals surface area contributed by atoms with Crippen molar-refractivity contribution in [1.29, 1.82) is 0 Å². The first-order valence-electron chi connectivity index (χ1n) is 7.97. The number of nitrogens with zero attached hydrogens (tertiary/aromatic N) is 2. The first-order chi connectivity index (χ1) is 12.5. The number of hydrogen-bond donors (Lipinski definition) is 1. The fourth-order valence-corrected chi connectivity index (χ4v) is 2.77. The van der Waals surface area contributed by atoms with Gasteiger partial charge in [-0.15, -0.1) is 0 Å². The molecule has 0 saturated carbocycles. The predicted molar refractivity (Wildman–Crippen MR) is 94.4 cm³/mol. The van der Waals surface area contributed by atoms with E-state index < -0.39 is 11.0 Å². The topological polar surface area (TPSA) is 102 Å². The van der Waals surface area contributed by atoms with E-state index in [0.29, 0.717) is 24.3 Å². The molecule has 2 aromatic carbocycles. The van der Waals surface area contributed by atoms with Crippen LogP contribution in [0.1, 0.15) is 15.9 Å². The summed E-state index contributed by atoms with van der Waals surface area (Å²) in [4.78, 5) is 36.2. The number of nitrogens with one attached hydrogen (secondary N) is 1. The number of benzene rings is 2. The zero-order chi connectivity index (χ0) is 18.7. The van der Waals surface area contributed by atoms with Gasteiger partial charge < -0.3 is 15.0 Å². The Bertz CT molecular complexity index is 847. The molecule has 0 radical (unpaired) electrons. The second-order valence-electron chi connectivity index (χ2n) is 5.90. The van der Waals surface area contributed by atoms with E-state index in [1.54, 1.807) is 36.4 Å². The molecule has 1 fully saturated rings. The van der Waals surface area contributed by atoms with Crippen molar-refractivity contribution in [3.8, 4) is 0 Å². The van der Waals surface area contributed by atoms with E-state index >= 15 is 0 Å². The number of anilines is 1. The number of ketones is 1. The molecule has 1 amide bonds. The standard InChI is InChI=1S/C18H17N3O5/c1-26-18(23)20-10-14(11-20)19-15-8-7-13(9-16(15)21(24)25)17(22)12-5-3-2-4-6-12/h2-9,14,19H,10-11H2,1H3. The summed E-state index contributed by atoms with van der Waals surface area (Å²) in [6, 6.07) is 12.8. The molecule has 8 heteroatoms. The van der Waals surface area contributed by atoms with E-state index in [0.717, 1.165) is 0 Å². The predicted octanol–water partition coefficient (Wildman–Crippen LogP) is 2.69. The van der Waals surface area contributed by atoms with Gasteiger partial charge in [0.05, 0.1) is 18.1 Å². The zero-order valence-corrected chi connectivity index (χ0v) is 14.0. The normalized spacial score (nSPS) is 13.7. The average molecular weight is 355 g/mol. The SMILES string of the molecule is COC(=O)N1CC(Nc2ccc(C(=O)c3ccccc3)cc2[N+](=O)[O-])C1. The van der Waals surface area contributed by atoms with E-state index in [1.165, 1.54) is 24.1 Å². The Morgan fingerprint density at radius 1 is 1.15 bits per heavy atom. The highest BCUT2D eigenvalue weighted by molar-refractivity contribution is 6.09. The second kappa shape index (κ2) is 7.22. The molecule has 1 aliphatic heterocycles. The average Bonchev–Trinajstić information content (AvgIpc) is 2.63. The number of carbonyl (C=O) groups excluding carboxylic acids is 2. The Labute approximate surface area is 149 Å². The molecular weight excluding hydrogens is 338 g/mol. The quantitative estimate of drug-likeness (QED) is 0.503. The van der Waals surface area contributed by atoms with Gasteiger partial charge in [-0.2, -0.15) is 0 Å². The minimum atomic E-state index is -0.527. The van der Waals surface area contributed by atoms with Crippen LogP contribution in [0.25, 0.3) is 0 Å². The fraction of sp³-hybridized carbons (Fsp3) is 0.222. The molecule has 1 aliphatic rings. The van der Waals surface area contributed by atoms with Crippen molar-refractivity contribution in [3.05, 3.63) is 69.8 Å². The van der Waals surface area contributed by atoms with Crippen LogP contribution in [0.2, 0.25) is 0 Å². The smallest absolute Gasteiger partial charge is 0.409 e. The van der Waals surface area contributed by atoms with Gasteiger partial charge in [0, 0.05) is 30.3 Å². The van der Waals surface area contributed by atoms with Crippen molar-refractivity contribution >= 4 is 23.3 Å². The van der Waals surface area contributed by atoms with Gasteiger partial charge in [-0.25, -0.2) is 4.79 Å². The molecule has 1 N–H and O–H groups in total. The summed E-state index contributed by atoms with van der Waals surface area (Å²) >= 11 is 0. The van der Waals surface area contributed by atoms with Crippen LogP contribution < -0.4 is 5.32 Å². The summed E-state index contributed by atoms with van der Waals surface area (Å²) < 4.78 is 4.61. The Kier molecular flexibility index (Phi) is 4.83. The lowest BCUT2D eigenvalue weighted by molar-refractivity contribution is -0.384. The van der Waals surface area contributed by atoms with Crippen LogP contribution in [0.15, 0.2) is 48.5 Å². The number of nitro groups is 1. The summed E-state index contributed by atoms with van der Waals surface area (Å²) in [5, 5.41) is 14.5. The maximum atomic E-state index is 12.5. The third-order valence-corrected chi connectivity index (χ3v) is 4.17. The summed E-state index contributed by atoms with van der Waals surface area (Å²) in [5.74, 6) is -0.277. The number of nitro benzene ring substituents is 1. The summed E-state index contributed by atoms with van der Waals surface area (Å²) in [6.45, 7) is 0.795. The van der Waals surface area contributed by atoms with Crippen LogP contribution in [0, 0.1) is 10.1 Å². The van der Waals surface area contributed by atoms with Crippen LogP contribution in [0.5, 0.6) is 0 Å². The molecule has 3 rings (SSSR count). The molecule has 1 saturated heterocycles. The molecule has 0 bridgehead atoms. The fourth-order valence-electron chi connectivity index (χ4n) is 2.77. The lowest BCUT2D eigenvalue weighted by Gasteiger charge is -2.38. The minimum Gasteiger partial charge on any atom is -0.453 e. The Morgan fingerprint density at radius 3 is 2.46 bits per heavy atom. The number of methoxy groups -OCH3 is 1. The molecule has 26 heavy (non-hydrogen) atoms. The zero-order valence-electron chi connectivity index (χ0n) is 14.0. The summed E-state index contributed by atoms with van der Waals surface area (Å²) in [6.07, 6.45) is -0.429. The van der Waals surface area contributed by atoms with Gasteiger partial charge in [0.15, 0.2) is 5.78 Å². The molecule has 0 spiro atoms. The third-order valence-electron chi connectivity index (χ3n) is 4.17. The molecule has 134 valence electrons. The van der Waals surface area contributed by atoms with E-state index in [2.05, 4.69) is 10.1 Å². The maximum Gasteiger partial charge on any atom is 0.409 e. The lowest BCUT2D eigenvalue weighted by atomic mass is 10.0. The van der Waals surface area contributed by atoms with E-state index in [1.807, 2.05) is 0 Å². The highest BCUT2D eigenvalue weighted by atomic mass is 16.6. The number of ether oxygens (including phenoxy) is 1. The van der Waals surface area contributed by atoms with Crippen LogP contribution in [-0.2, 0) is 4.74 Å². The first kappa shape index (κ1) is 17.4. The highest BCUT2D eigenvalue weighted by Gasteiger charge is 2.32. The van der Waals surface area contributed by atoms with Crippen molar-refractivity contribution in [3.63, 3.8) is 0 Å². The number of hydrogen-bond acceptors (Lipinski definition) is 6. The van der Waals surface area contributed by atoms with Gasteiger partial charge in [-0.05, 0) is 12.1 Å². The Balaban J connectivity index is 1.77. The van der Waals surface area contributed by atoms with Crippen LogP contribution >= 0.6 is 0 Å². The van der Waals surface area contributed by atoms with Crippen LogP contribution in [0.4, 0.5) is 16.2 Å². The van der Waals surface area contributed by atoms with Gasteiger partial charge in [0.2, 0.25) is 0 Å². The van der Waals surface area contributed by atoms with Gasteiger partial charge in [0.25, 0.3) is 5.69 Å². The van der Waals surface area contributed by atoms with Crippen LogP contribution in [-0.4, -0.2) is 47.9 Å². The van der Waals surface area contributed by atoms with Crippen molar-refractivity contribution < 1.29 is 19.2 Å². The molecular formula is C18H17N3O5. The number of rotatable bonds is 5. The monoisotopic (exact) mass is 355 g/mol. The first-order valence-corrected chi connectivity index (χ1v) is 7.97. The van der Waals surface area contributed by atoms with Crippen molar-refractivity contribution in [2.45, 2.75) is 6.04 Å². The Hall–Kier alpha value is -3.42. The Morgan fingerprint density at radius 2 is 1.85 bits per heavy atom. The van der Waals surface area contributed by atoms with E-state index in [-0.39, 0.29) is 23.1 Å². The lowest BCUT2D eigenvalue weighted by Crippen LogP contribution is -2.57. The second-order valence-corrected chi connectivity index (χ2v) is 5.90. The molecule has 0 unspecified atom stereocenters. The van der Waals surface area contributed by atoms with Gasteiger partial charge in [-0.1, -0.05) is 30.3 Å². The van der Waals surface area contributed by atoms with Gasteiger partial charge in [0.1, 0.15) is 5.69 Å². The summed E-state index contributed by atoms with van der Waals surface area (Å²) in [7, 11) is 1.30.